The average Bonchev–Trinajstić information content (AvgIpc) is 3.20. The Morgan fingerprint density at radius 2 is 2.05 bits per heavy atom. The standard InChI is InChI=1S/C14H24N4O2S/c1-2-11-5-7-18(8-6-11)21(19,20)14-12(10-16-17-14)9-15-13-3-4-13/h10-11,13,15H,2-9H2,1H3,(H,16,17). The lowest BCUT2D eigenvalue weighted by Crippen LogP contribution is -2.39. The Labute approximate surface area is 126 Å². The fraction of sp³-hybridized carbons (Fsp3) is 0.786. The van der Waals surface area contributed by atoms with Gasteiger partial charge in [0, 0.05) is 31.2 Å². The number of nitrogens with zero attached hydrogens (tertiary/aromatic N) is 2. The van der Waals surface area contributed by atoms with Crippen LogP contribution in [0, 0.1) is 5.92 Å². The molecule has 1 aromatic heterocycles. The maximum Gasteiger partial charge on any atom is 0.260 e. The van der Waals surface area contributed by atoms with Crippen LogP contribution < -0.4 is 5.32 Å². The third-order valence-corrected chi connectivity index (χ3v) is 6.50. The second-order valence-corrected chi connectivity index (χ2v) is 8.01. The molecule has 0 atom stereocenters. The molecule has 1 aromatic rings. The van der Waals surface area contributed by atoms with Crippen molar-refractivity contribution in [2.45, 2.75) is 56.6 Å². The molecule has 0 unspecified atom stereocenters. The van der Waals surface area contributed by atoms with Crippen LogP contribution in [0.15, 0.2) is 11.2 Å². The molecule has 2 N–H and O–H groups in total. The first-order valence-electron chi connectivity index (χ1n) is 7.87. The summed E-state index contributed by atoms with van der Waals surface area (Å²) in [5.74, 6) is 0.661. The molecule has 2 heterocycles. The molecule has 2 fully saturated rings. The summed E-state index contributed by atoms with van der Waals surface area (Å²) in [5.41, 5.74) is 0.750. The van der Waals surface area contributed by atoms with Crippen molar-refractivity contribution >= 4 is 10.0 Å². The van der Waals surface area contributed by atoms with E-state index in [2.05, 4.69) is 22.4 Å². The molecule has 0 amide bonds. The van der Waals surface area contributed by atoms with Crippen molar-refractivity contribution in [2.24, 2.45) is 5.92 Å². The first-order valence-corrected chi connectivity index (χ1v) is 9.31. The van der Waals surface area contributed by atoms with Gasteiger partial charge in [-0.1, -0.05) is 13.3 Å². The number of hydrogen-bond donors (Lipinski definition) is 2. The van der Waals surface area contributed by atoms with Crippen LogP contribution in [0.5, 0.6) is 0 Å². The van der Waals surface area contributed by atoms with Crippen LogP contribution in [0.4, 0.5) is 0 Å². The zero-order chi connectivity index (χ0) is 14.9. The van der Waals surface area contributed by atoms with E-state index in [1.807, 2.05) is 0 Å². The van der Waals surface area contributed by atoms with Gasteiger partial charge in [0.1, 0.15) is 0 Å². The lowest BCUT2D eigenvalue weighted by molar-refractivity contribution is 0.268. The molecule has 118 valence electrons. The van der Waals surface area contributed by atoms with Crippen molar-refractivity contribution in [3.8, 4) is 0 Å². The number of aromatic nitrogens is 2. The maximum atomic E-state index is 12.8. The van der Waals surface area contributed by atoms with Gasteiger partial charge in [-0.2, -0.15) is 9.40 Å². The number of H-pyrrole nitrogens is 1. The molecule has 0 bridgehead atoms. The highest BCUT2D eigenvalue weighted by Crippen LogP contribution is 2.26. The average molecular weight is 312 g/mol. The van der Waals surface area contributed by atoms with E-state index in [1.165, 1.54) is 12.8 Å². The Balaban J connectivity index is 1.70. The largest absolute Gasteiger partial charge is 0.310 e. The Morgan fingerprint density at radius 1 is 1.33 bits per heavy atom. The fourth-order valence-electron chi connectivity index (χ4n) is 2.88. The number of sulfonamides is 1. The van der Waals surface area contributed by atoms with E-state index in [9.17, 15) is 8.42 Å². The van der Waals surface area contributed by atoms with Gasteiger partial charge in [0.2, 0.25) is 0 Å². The van der Waals surface area contributed by atoms with E-state index in [4.69, 9.17) is 0 Å². The summed E-state index contributed by atoms with van der Waals surface area (Å²) in [6.07, 6.45) is 7.05. The normalized spacial score (nSPS) is 21.8. The monoisotopic (exact) mass is 312 g/mol. The topological polar surface area (TPSA) is 78.1 Å². The predicted molar refractivity (Wildman–Crippen MR) is 80.2 cm³/mol. The van der Waals surface area contributed by atoms with Crippen LogP contribution in [0.2, 0.25) is 0 Å². The van der Waals surface area contributed by atoms with Gasteiger partial charge < -0.3 is 5.32 Å². The maximum absolute atomic E-state index is 12.8. The fourth-order valence-corrected chi connectivity index (χ4v) is 4.45. The molecule has 0 aromatic carbocycles. The van der Waals surface area contributed by atoms with Crippen molar-refractivity contribution in [1.82, 2.24) is 19.8 Å². The molecule has 2 aliphatic rings. The minimum absolute atomic E-state index is 0.269. The van der Waals surface area contributed by atoms with Crippen molar-refractivity contribution in [3.63, 3.8) is 0 Å². The van der Waals surface area contributed by atoms with Crippen LogP contribution in [0.3, 0.4) is 0 Å². The van der Waals surface area contributed by atoms with E-state index in [0.717, 1.165) is 24.8 Å². The van der Waals surface area contributed by atoms with E-state index >= 15 is 0 Å². The Kier molecular flexibility index (Phi) is 4.33. The van der Waals surface area contributed by atoms with Gasteiger partial charge in [-0.15, -0.1) is 0 Å². The minimum Gasteiger partial charge on any atom is -0.310 e. The van der Waals surface area contributed by atoms with Crippen LogP contribution >= 0.6 is 0 Å². The second kappa shape index (κ2) is 6.06. The number of hydrogen-bond acceptors (Lipinski definition) is 4. The van der Waals surface area contributed by atoms with E-state index < -0.39 is 10.0 Å². The summed E-state index contributed by atoms with van der Waals surface area (Å²) in [4.78, 5) is 0. The molecule has 21 heavy (non-hydrogen) atoms. The molecule has 0 spiro atoms. The summed E-state index contributed by atoms with van der Waals surface area (Å²) in [6.45, 7) is 3.98. The highest BCUT2D eigenvalue weighted by molar-refractivity contribution is 7.89. The molecule has 7 heteroatoms. The van der Waals surface area contributed by atoms with Crippen molar-refractivity contribution in [2.75, 3.05) is 13.1 Å². The molecular formula is C14H24N4O2S. The zero-order valence-corrected chi connectivity index (χ0v) is 13.3. The Morgan fingerprint density at radius 3 is 2.67 bits per heavy atom. The number of nitrogens with one attached hydrogen (secondary N) is 2. The lowest BCUT2D eigenvalue weighted by atomic mass is 9.96. The summed E-state index contributed by atoms with van der Waals surface area (Å²) in [6, 6.07) is 0.552. The van der Waals surface area contributed by atoms with Crippen molar-refractivity contribution in [3.05, 3.63) is 11.8 Å². The Bertz CT molecular complexity index is 572. The van der Waals surface area contributed by atoms with Gasteiger partial charge >= 0.3 is 0 Å². The molecule has 0 radical (unpaired) electrons. The molecule has 1 saturated heterocycles. The smallest absolute Gasteiger partial charge is 0.260 e. The van der Waals surface area contributed by atoms with Crippen LogP contribution in [-0.2, 0) is 16.6 Å². The van der Waals surface area contributed by atoms with Crippen LogP contribution in [0.25, 0.3) is 0 Å². The molecule has 3 rings (SSSR count). The van der Waals surface area contributed by atoms with Gasteiger partial charge in [0.15, 0.2) is 5.03 Å². The SMILES string of the molecule is CCC1CCN(S(=O)(=O)c2[nH]ncc2CNC2CC2)CC1. The van der Waals surface area contributed by atoms with Crippen molar-refractivity contribution < 1.29 is 8.42 Å². The Hall–Kier alpha value is -0.920. The molecule has 1 saturated carbocycles. The van der Waals surface area contributed by atoms with Gasteiger partial charge in [-0.3, -0.25) is 5.10 Å². The quantitative estimate of drug-likeness (QED) is 0.834. The van der Waals surface area contributed by atoms with Gasteiger partial charge in [-0.05, 0) is 31.6 Å². The van der Waals surface area contributed by atoms with Gasteiger partial charge in [0.25, 0.3) is 10.0 Å². The summed E-state index contributed by atoms with van der Waals surface area (Å²) < 4.78 is 27.1. The first kappa shape index (κ1) is 15.0. The van der Waals surface area contributed by atoms with E-state index in [-0.39, 0.29) is 5.03 Å². The van der Waals surface area contributed by atoms with Gasteiger partial charge in [0.05, 0.1) is 6.20 Å². The zero-order valence-electron chi connectivity index (χ0n) is 12.5. The summed E-state index contributed by atoms with van der Waals surface area (Å²) in [5, 5.41) is 10.3. The molecular weight excluding hydrogens is 288 g/mol. The second-order valence-electron chi connectivity index (χ2n) is 6.14. The third-order valence-electron chi connectivity index (χ3n) is 4.59. The summed E-state index contributed by atoms with van der Waals surface area (Å²) >= 11 is 0. The molecule has 1 aliphatic carbocycles. The van der Waals surface area contributed by atoms with Crippen LogP contribution in [0.1, 0.15) is 44.6 Å². The molecule has 1 aliphatic heterocycles. The number of piperidine rings is 1. The van der Waals surface area contributed by atoms with E-state index in [0.29, 0.717) is 31.6 Å². The molecule has 6 nitrogen and oxygen atoms in total. The minimum atomic E-state index is -3.43. The van der Waals surface area contributed by atoms with Crippen LogP contribution in [-0.4, -0.2) is 42.1 Å². The number of rotatable bonds is 6. The lowest BCUT2D eigenvalue weighted by Gasteiger charge is -2.30. The first-order chi connectivity index (χ1) is 10.1. The highest BCUT2D eigenvalue weighted by Gasteiger charge is 2.32. The highest BCUT2D eigenvalue weighted by atomic mass is 32.2. The predicted octanol–water partition coefficient (Wildman–Crippen LogP) is 1.47. The van der Waals surface area contributed by atoms with E-state index in [1.54, 1.807) is 10.5 Å². The van der Waals surface area contributed by atoms with Gasteiger partial charge in [-0.25, -0.2) is 8.42 Å². The number of aromatic amines is 1. The summed E-state index contributed by atoms with van der Waals surface area (Å²) in [7, 11) is -3.43. The third kappa shape index (κ3) is 3.30. The van der Waals surface area contributed by atoms with Crippen molar-refractivity contribution in [1.29, 1.82) is 0 Å².